The zero-order chi connectivity index (χ0) is 21.1. The van der Waals surface area contributed by atoms with Gasteiger partial charge >= 0.3 is 11.9 Å². The number of aromatic hydroxyl groups is 2. The van der Waals surface area contributed by atoms with Crippen LogP contribution in [0.15, 0.2) is 12.1 Å². The normalized spacial score (nSPS) is 12.3. The van der Waals surface area contributed by atoms with E-state index in [0.717, 1.165) is 29.7 Å². The first-order valence-corrected chi connectivity index (χ1v) is 9.95. The highest BCUT2D eigenvalue weighted by Gasteiger charge is 2.28. The number of thiophene rings is 1. The number of carbonyl (C=O) groups is 3. The number of aryl methyl sites for hydroxylation is 2. The molecule has 0 atom stereocenters. The van der Waals surface area contributed by atoms with E-state index in [-0.39, 0.29) is 12.2 Å². The second-order valence-corrected chi connectivity index (χ2v) is 7.64. The Hall–Kier alpha value is -3.07. The maximum Gasteiger partial charge on any atom is 0.342 e. The molecule has 9 heteroatoms. The molecule has 1 aromatic heterocycles. The van der Waals surface area contributed by atoms with Crippen LogP contribution in [-0.4, -0.2) is 41.3 Å². The molecule has 1 aromatic carbocycles. The van der Waals surface area contributed by atoms with E-state index >= 15 is 0 Å². The lowest BCUT2D eigenvalue weighted by Crippen LogP contribution is -2.22. The number of hydrogen-bond acceptors (Lipinski definition) is 8. The van der Waals surface area contributed by atoms with Gasteiger partial charge in [-0.25, -0.2) is 9.59 Å². The van der Waals surface area contributed by atoms with Gasteiger partial charge in [-0.05, 0) is 50.3 Å². The second-order valence-electron chi connectivity index (χ2n) is 6.53. The first-order valence-electron chi connectivity index (χ1n) is 9.13. The monoisotopic (exact) mass is 419 g/mol. The van der Waals surface area contributed by atoms with Crippen LogP contribution in [0.4, 0.5) is 5.00 Å². The second kappa shape index (κ2) is 8.52. The summed E-state index contributed by atoms with van der Waals surface area (Å²) in [6.45, 7) is 2.89. The molecule has 0 unspecified atom stereocenters. The number of anilines is 1. The lowest BCUT2D eigenvalue weighted by atomic mass is 10.1. The molecule has 1 amide bonds. The highest BCUT2D eigenvalue weighted by Crippen LogP contribution is 2.39. The molecule has 0 fully saturated rings. The number of rotatable bonds is 6. The Morgan fingerprint density at radius 2 is 1.86 bits per heavy atom. The third kappa shape index (κ3) is 4.19. The van der Waals surface area contributed by atoms with Crippen molar-refractivity contribution in [2.24, 2.45) is 0 Å². The van der Waals surface area contributed by atoms with Crippen molar-refractivity contribution in [3.8, 4) is 11.5 Å². The van der Waals surface area contributed by atoms with E-state index in [1.807, 2.05) is 0 Å². The van der Waals surface area contributed by atoms with Crippen molar-refractivity contribution in [2.75, 3.05) is 18.5 Å². The van der Waals surface area contributed by atoms with E-state index in [4.69, 9.17) is 9.47 Å². The molecule has 3 N–H and O–H groups in total. The van der Waals surface area contributed by atoms with Gasteiger partial charge in [0, 0.05) is 4.88 Å². The lowest BCUT2D eigenvalue weighted by molar-refractivity contribution is -0.119. The number of nitrogens with one attached hydrogen (secondary N) is 1. The Bertz CT molecular complexity index is 980. The van der Waals surface area contributed by atoms with E-state index < -0.39 is 36.0 Å². The van der Waals surface area contributed by atoms with Crippen molar-refractivity contribution in [2.45, 2.75) is 33.1 Å². The highest BCUT2D eigenvalue weighted by molar-refractivity contribution is 7.17. The molecule has 0 saturated carbocycles. The van der Waals surface area contributed by atoms with Gasteiger partial charge in [-0.3, -0.25) is 4.79 Å². The summed E-state index contributed by atoms with van der Waals surface area (Å²) in [6, 6.07) is 2.75. The Balaban J connectivity index is 1.68. The van der Waals surface area contributed by atoms with Gasteiger partial charge in [0.05, 0.1) is 12.2 Å². The number of phenols is 2. The van der Waals surface area contributed by atoms with Crippen molar-refractivity contribution in [1.82, 2.24) is 0 Å². The van der Waals surface area contributed by atoms with Gasteiger partial charge < -0.3 is 25.0 Å². The standard InChI is InChI=1S/C20H21NO7S/c1-3-27-20(26)15-11-5-4-6-13(11)29-18(15)21-14(22)9-28-19(25)12-8-7-10(2)16(23)17(12)24/h7-8,23-24H,3-6,9H2,1-2H3,(H,21,22). The topological polar surface area (TPSA) is 122 Å². The molecular formula is C20H21NO7S. The number of ether oxygens (including phenoxy) is 2. The van der Waals surface area contributed by atoms with Gasteiger partial charge in [-0.2, -0.15) is 0 Å². The average molecular weight is 419 g/mol. The van der Waals surface area contributed by atoms with Gasteiger partial charge in [-0.1, -0.05) is 6.07 Å². The van der Waals surface area contributed by atoms with Gasteiger partial charge in [0.1, 0.15) is 10.6 Å². The molecule has 0 saturated heterocycles. The van der Waals surface area contributed by atoms with Crippen LogP contribution in [0.1, 0.15) is 50.1 Å². The Morgan fingerprint density at radius 1 is 1.10 bits per heavy atom. The van der Waals surface area contributed by atoms with E-state index in [0.29, 0.717) is 16.1 Å². The highest BCUT2D eigenvalue weighted by atomic mass is 32.1. The third-order valence-electron chi connectivity index (χ3n) is 4.56. The van der Waals surface area contributed by atoms with Crippen molar-refractivity contribution in [3.63, 3.8) is 0 Å². The minimum Gasteiger partial charge on any atom is -0.504 e. The van der Waals surface area contributed by atoms with Crippen LogP contribution in [0.5, 0.6) is 11.5 Å². The van der Waals surface area contributed by atoms with Crippen LogP contribution in [-0.2, 0) is 27.1 Å². The van der Waals surface area contributed by atoms with Gasteiger partial charge in [0.15, 0.2) is 18.1 Å². The zero-order valence-electron chi connectivity index (χ0n) is 16.0. The van der Waals surface area contributed by atoms with Crippen LogP contribution in [0.2, 0.25) is 0 Å². The third-order valence-corrected chi connectivity index (χ3v) is 5.77. The van der Waals surface area contributed by atoms with Gasteiger partial charge in [0.25, 0.3) is 5.91 Å². The Morgan fingerprint density at radius 3 is 2.59 bits per heavy atom. The molecule has 0 aliphatic heterocycles. The van der Waals surface area contributed by atoms with Crippen LogP contribution < -0.4 is 5.32 Å². The largest absolute Gasteiger partial charge is 0.504 e. The summed E-state index contributed by atoms with van der Waals surface area (Å²) in [7, 11) is 0. The number of benzene rings is 1. The van der Waals surface area contributed by atoms with E-state index in [1.54, 1.807) is 13.8 Å². The molecule has 0 radical (unpaired) electrons. The molecule has 1 heterocycles. The van der Waals surface area contributed by atoms with Gasteiger partial charge in [-0.15, -0.1) is 11.3 Å². The van der Waals surface area contributed by atoms with Crippen LogP contribution in [0.3, 0.4) is 0 Å². The van der Waals surface area contributed by atoms with E-state index in [2.05, 4.69) is 5.32 Å². The summed E-state index contributed by atoms with van der Waals surface area (Å²) >= 11 is 1.32. The first kappa shape index (κ1) is 20.7. The fourth-order valence-electron chi connectivity index (χ4n) is 3.13. The van der Waals surface area contributed by atoms with Crippen molar-refractivity contribution in [1.29, 1.82) is 0 Å². The Labute approximate surface area is 171 Å². The maximum atomic E-state index is 12.3. The molecule has 0 spiro atoms. The number of carbonyl (C=O) groups excluding carboxylic acids is 3. The summed E-state index contributed by atoms with van der Waals surface area (Å²) < 4.78 is 10.0. The molecule has 0 bridgehead atoms. The Kier molecular flexibility index (Phi) is 6.07. The predicted molar refractivity (Wildman–Crippen MR) is 106 cm³/mol. The summed E-state index contributed by atoms with van der Waals surface area (Å²) in [5.74, 6) is -3.09. The van der Waals surface area contributed by atoms with Crippen molar-refractivity contribution >= 4 is 34.2 Å². The first-order chi connectivity index (χ1) is 13.8. The molecule has 2 aromatic rings. The number of hydrogen-bond donors (Lipinski definition) is 3. The van der Waals surface area contributed by atoms with Crippen LogP contribution in [0.25, 0.3) is 0 Å². The van der Waals surface area contributed by atoms with Crippen LogP contribution >= 0.6 is 11.3 Å². The molecule has 1 aliphatic carbocycles. The maximum absolute atomic E-state index is 12.3. The zero-order valence-corrected chi connectivity index (χ0v) is 16.9. The molecular weight excluding hydrogens is 398 g/mol. The minimum absolute atomic E-state index is 0.224. The smallest absolute Gasteiger partial charge is 0.342 e. The fourth-order valence-corrected chi connectivity index (χ4v) is 4.42. The summed E-state index contributed by atoms with van der Waals surface area (Å²) in [6.07, 6.45) is 2.54. The summed E-state index contributed by atoms with van der Waals surface area (Å²) in [5.41, 5.74) is 1.42. The number of fused-ring (bicyclic) bond motifs is 1. The van der Waals surface area contributed by atoms with Crippen LogP contribution in [0, 0.1) is 6.92 Å². The molecule has 1 aliphatic rings. The summed E-state index contributed by atoms with van der Waals surface area (Å²) in [5, 5.41) is 22.6. The molecule has 154 valence electrons. The predicted octanol–water partition coefficient (Wildman–Crippen LogP) is 2.93. The average Bonchev–Trinajstić information content (AvgIpc) is 3.25. The number of amides is 1. The fraction of sp³-hybridized carbons (Fsp3) is 0.350. The quantitative estimate of drug-likeness (QED) is 0.486. The molecule has 29 heavy (non-hydrogen) atoms. The minimum atomic E-state index is -0.952. The molecule has 3 rings (SSSR count). The van der Waals surface area contributed by atoms with E-state index in [9.17, 15) is 24.6 Å². The number of esters is 2. The van der Waals surface area contributed by atoms with Crippen molar-refractivity contribution < 1.29 is 34.1 Å². The lowest BCUT2D eigenvalue weighted by Gasteiger charge is -2.10. The SMILES string of the molecule is CCOC(=O)c1c(NC(=O)COC(=O)c2ccc(C)c(O)c2O)sc2c1CCC2. The molecule has 8 nitrogen and oxygen atoms in total. The summed E-state index contributed by atoms with van der Waals surface area (Å²) in [4.78, 5) is 37.7. The van der Waals surface area contributed by atoms with E-state index in [1.165, 1.54) is 23.5 Å². The number of phenolic OH excluding ortho intramolecular Hbond substituents is 2. The van der Waals surface area contributed by atoms with Crippen molar-refractivity contribution in [3.05, 3.63) is 39.3 Å². The van der Waals surface area contributed by atoms with Gasteiger partial charge in [0.2, 0.25) is 0 Å².